The number of methoxy groups -OCH3 is 4. The van der Waals surface area contributed by atoms with Crippen LogP contribution in [0.1, 0.15) is 52.4 Å². The average Bonchev–Trinajstić information content (AvgIpc) is 3.16. The van der Waals surface area contributed by atoms with Gasteiger partial charge in [-0.15, -0.1) is 0 Å². The van der Waals surface area contributed by atoms with Crippen molar-refractivity contribution in [3.05, 3.63) is 0 Å². The van der Waals surface area contributed by atoms with Crippen LogP contribution in [-0.4, -0.2) is 102 Å². The molecule has 1 amide bonds. The lowest BCUT2D eigenvalue weighted by atomic mass is 9.64. The Hall–Kier alpha value is -1.14. The van der Waals surface area contributed by atoms with Gasteiger partial charge in [-0.3, -0.25) is 9.59 Å². The smallest absolute Gasteiger partial charge is 0.217 e. The lowest BCUT2D eigenvalue weighted by Crippen LogP contribution is -2.62. The van der Waals surface area contributed by atoms with E-state index in [4.69, 9.17) is 24.7 Å². The number of rotatable bonds is 8. The van der Waals surface area contributed by atoms with Gasteiger partial charge in [-0.05, 0) is 62.7 Å². The fourth-order valence-corrected chi connectivity index (χ4v) is 8.46. The van der Waals surface area contributed by atoms with E-state index in [1.165, 1.54) is 0 Å². The molecule has 1 aliphatic heterocycles. The van der Waals surface area contributed by atoms with Crippen molar-refractivity contribution < 1.29 is 28.5 Å². The van der Waals surface area contributed by atoms with Crippen LogP contribution in [0.25, 0.3) is 0 Å². The first-order chi connectivity index (χ1) is 18.7. The maximum atomic E-state index is 13.8. The summed E-state index contributed by atoms with van der Waals surface area (Å²) in [5, 5.41) is 10.3. The fourth-order valence-electron chi connectivity index (χ4n) is 8.46. The maximum Gasteiger partial charge on any atom is 0.217 e. The molecule has 0 aromatic rings. The van der Waals surface area contributed by atoms with Gasteiger partial charge in [-0.1, -0.05) is 0 Å². The van der Waals surface area contributed by atoms with E-state index < -0.39 is 0 Å². The highest BCUT2D eigenvalue weighted by molar-refractivity contribution is 5.84. The van der Waals surface area contributed by atoms with Crippen LogP contribution in [0, 0.1) is 29.6 Å². The first-order valence-electron chi connectivity index (χ1n) is 14.9. The number of nitrogens with two attached hydrogens (primary N) is 1. The number of piperidine rings is 1. The number of fused-ring (bicyclic) bond motifs is 3. The molecule has 0 radical (unpaired) electrons. The molecule has 1 heterocycles. The second-order valence-corrected chi connectivity index (χ2v) is 12.4. The summed E-state index contributed by atoms with van der Waals surface area (Å²) in [5.74, 6) is 1.30. The molecule has 13 atom stereocenters. The van der Waals surface area contributed by atoms with Gasteiger partial charge in [0.1, 0.15) is 11.9 Å². The monoisotopic (exact) mass is 552 g/mol. The summed E-state index contributed by atoms with van der Waals surface area (Å²) in [4.78, 5) is 26.0. The zero-order valence-electron chi connectivity index (χ0n) is 24.7. The molecule has 10 heteroatoms. The van der Waals surface area contributed by atoms with Crippen molar-refractivity contribution in [2.24, 2.45) is 35.3 Å². The van der Waals surface area contributed by atoms with Crippen LogP contribution in [0.2, 0.25) is 0 Å². The van der Waals surface area contributed by atoms with Crippen molar-refractivity contribution in [2.45, 2.75) is 101 Å². The maximum absolute atomic E-state index is 13.8. The van der Waals surface area contributed by atoms with E-state index in [-0.39, 0.29) is 83.9 Å². The Labute approximate surface area is 234 Å². The molecule has 224 valence electrons. The summed E-state index contributed by atoms with van der Waals surface area (Å²) in [6, 6.07) is -0.158. The summed E-state index contributed by atoms with van der Waals surface area (Å²) in [6.45, 7) is 5.13. The van der Waals surface area contributed by atoms with Crippen molar-refractivity contribution in [1.29, 1.82) is 0 Å². The van der Waals surface area contributed by atoms with Gasteiger partial charge < -0.3 is 40.6 Å². The van der Waals surface area contributed by atoms with Crippen LogP contribution in [-0.2, 0) is 28.5 Å². The molecule has 5 N–H and O–H groups in total. The van der Waals surface area contributed by atoms with E-state index >= 15 is 0 Å². The second kappa shape index (κ2) is 13.7. The molecule has 4 aliphatic rings. The first kappa shape index (κ1) is 30.8. The summed E-state index contributed by atoms with van der Waals surface area (Å²) in [5.41, 5.74) is 6.42. The first-order valence-corrected chi connectivity index (χ1v) is 14.9. The molecule has 12 unspecified atom stereocenters. The van der Waals surface area contributed by atoms with Crippen molar-refractivity contribution in [3.8, 4) is 0 Å². The highest BCUT2D eigenvalue weighted by Crippen LogP contribution is 2.50. The van der Waals surface area contributed by atoms with Gasteiger partial charge in [0, 0.05) is 78.9 Å². The van der Waals surface area contributed by atoms with Gasteiger partial charge in [0.05, 0.1) is 24.4 Å². The third-order valence-electron chi connectivity index (χ3n) is 10.4. The summed E-state index contributed by atoms with van der Waals surface area (Å²) in [6.07, 6.45) is 4.45. The number of ketones is 1. The molecule has 0 spiro atoms. The van der Waals surface area contributed by atoms with Crippen molar-refractivity contribution in [2.75, 3.05) is 41.5 Å². The molecule has 1 saturated heterocycles. The van der Waals surface area contributed by atoms with Crippen LogP contribution < -0.4 is 21.7 Å². The van der Waals surface area contributed by atoms with Gasteiger partial charge in [0.15, 0.2) is 0 Å². The van der Waals surface area contributed by atoms with E-state index in [9.17, 15) is 9.59 Å². The SMILES string of the molecule is COC1CC2CC[C@H](NC(C)=O)C3CC(=O)C(NCC4CNC(C)C(N)C4OC)CCC3C2C(OC)C1OC. The zero-order chi connectivity index (χ0) is 28.3. The van der Waals surface area contributed by atoms with Crippen LogP contribution in [0.4, 0.5) is 0 Å². The Morgan fingerprint density at radius 3 is 2.33 bits per heavy atom. The molecular weight excluding hydrogens is 500 g/mol. The van der Waals surface area contributed by atoms with Crippen LogP contribution in [0.5, 0.6) is 0 Å². The minimum absolute atomic E-state index is 0.0276. The molecule has 0 aromatic carbocycles. The molecule has 10 nitrogen and oxygen atoms in total. The number of nitrogens with one attached hydrogen (secondary N) is 3. The molecule has 3 saturated carbocycles. The van der Waals surface area contributed by atoms with Gasteiger partial charge in [0.2, 0.25) is 5.91 Å². The molecule has 0 aromatic heterocycles. The standard InChI is InChI=1S/C29H52N4O6/c1-15-26(30)27(37-4)18(13-31-15)14-32-22-10-8-19-20(12-23(22)35)21(33-16(2)34)9-7-17-11-24(36-3)28(38-5)29(39-6)25(17)19/h15,17-22,24-29,31-32H,7-14,30H2,1-6H3,(H,33,34)/t15?,17?,18?,19?,20?,21-,22?,24?,25?,26?,27?,28?,29?/m0/s1. The number of amides is 1. The highest BCUT2D eigenvalue weighted by atomic mass is 16.6. The van der Waals surface area contributed by atoms with E-state index in [1.807, 2.05) is 0 Å². The third kappa shape index (κ3) is 6.52. The molecular formula is C29H52N4O6. The Bertz CT molecular complexity index is 832. The minimum Gasteiger partial charge on any atom is -0.379 e. The lowest BCUT2D eigenvalue weighted by molar-refractivity contribution is -0.178. The highest BCUT2D eigenvalue weighted by Gasteiger charge is 2.54. The van der Waals surface area contributed by atoms with E-state index in [1.54, 1.807) is 35.4 Å². The number of ether oxygens (including phenoxy) is 4. The van der Waals surface area contributed by atoms with Crippen molar-refractivity contribution >= 4 is 11.7 Å². The number of hydrogen-bond acceptors (Lipinski definition) is 9. The zero-order valence-corrected chi connectivity index (χ0v) is 24.7. The van der Waals surface area contributed by atoms with Crippen molar-refractivity contribution in [1.82, 2.24) is 16.0 Å². The van der Waals surface area contributed by atoms with E-state index in [0.29, 0.717) is 18.9 Å². The predicted molar refractivity (Wildman–Crippen MR) is 148 cm³/mol. The Kier molecular flexibility index (Phi) is 10.8. The average molecular weight is 553 g/mol. The second-order valence-electron chi connectivity index (χ2n) is 12.4. The van der Waals surface area contributed by atoms with Crippen LogP contribution >= 0.6 is 0 Å². The van der Waals surface area contributed by atoms with Gasteiger partial charge in [-0.2, -0.15) is 0 Å². The summed E-state index contributed by atoms with van der Waals surface area (Å²) >= 11 is 0. The molecule has 4 fully saturated rings. The molecule has 4 rings (SSSR count). The van der Waals surface area contributed by atoms with Gasteiger partial charge >= 0.3 is 0 Å². The predicted octanol–water partition coefficient (Wildman–Crippen LogP) is 0.860. The number of hydrogen-bond donors (Lipinski definition) is 4. The van der Waals surface area contributed by atoms with E-state index in [0.717, 1.165) is 38.6 Å². The fraction of sp³-hybridized carbons (Fsp3) is 0.931. The Balaban J connectivity index is 1.55. The van der Waals surface area contributed by atoms with E-state index in [2.05, 4.69) is 22.9 Å². The molecule has 3 aliphatic carbocycles. The summed E-state index contributed by atoms with van der Waals surface area (Å²) in [7, 11) is 6.96. The summed E-state index contributed by atoms with van der Waals surface area (Å²) < 4.78 is 23.7. The normalized spacial score (nSPS) is 45.0. The van der Waals surface area contributed by atoms with Crippen LogP contribution in [0.15, 0.2) is 0 Å². The number of Topliss-reactive ketones (excluding diaryl/α,β-unsaturated/α-hetero) is 1. The molecule has 0 bridgehead atoms. The quantitative estimate of drug-likeness (QED) is 0.346. The topological polar surface area (TPSA) is 133 Å². The van der Waals surface area contributed by atoms with Gasteiger partial charge in [-0.25, -0.2) is 0 Å². The van der Waals surface area contributed by atoms with Crippen molar-refractivity contribution in [3.63, 3.8) is 0 Å². The minimum atomic E-state index is -0.226. The molecule has 39 heavy (non-hydrogen) atoms. The number of carbonyl (C=O) groups excluding carboxylic acids is 2. The Morgan fingerprint density at radius 1 is 0.974 bits per heavy atom. The van der Waals surface area contributed by atoms with Crippen LogP contribution in [0.3, 0.4) is 0 Å². The van der Waals surface area contributed by atoms with Gasteiger partial charge in [0.25, 0.3) is 0 Å². The number of carbonyl (C=O) groups is 2. The largest absolute Gasteiger partial charge is 0.379 e. The Morgan fingerprint density at radius 2 is 1.69 bits per heavy atom. The lowest BCUT2D eigenvalue weighted by Gasteiger charge is -2.48. The third-order valence-corrected chi connectivity index (χ3v) is 10.4.